The first-order valence-electron chi connectivity index (χ1n) is 8.71. The zero-order chi connectivity index (χ0) is 14.6. The first kappa shape index (κ1) is 16.3. The molecule has 2 rings (SSSR count). The normalized spacial score (nSPS) is 40.5. The fraction of sp³-hybridized carbons (Fsp3) is 1.00. The fourth-order valence-corrected chi connectivity index (χ4v) is 4.84. The minimum atomic E-state index is -0.0249. The van der Waals surface area contributed by atoms with Crippen molar-refractivity contribution in [2.24, 2.45) is 23.6 Å². The van der Waals surface area contributed by atoms with Crippen LogP contribution >= 0.6 is 0 Å². The first-order valence-corrected chi connectivity index (χ1v) is 8.71. The van der Waals surface area contributed by atoms with E-state index in [-0.39, 0.29) is 5.60 Å². The molecule has 0 heterocycles. The standard InChI is InChI=1S/C17H34N2O/c1-4-20-17(10-6-8-14(3)12-17)16(19-18)15-9-5-7-13(2)11-15/h13-16,19H,4-12,18H2,1-3H3. The minimum absolute atomic E-state index is 0.0249. The molecule has 20 heavy (non-hydrogen) atoms. The van der Waals surface area contributed by atoms with Crippen LogP contribution in [0.15, 0.2) is 0 Å². The highest BCUT2D eigenvalue weighted by molar-refractivity contribution is 5.00. The predicted octanol–water partition coefficient (Wildman–Crippen LogP) is 3.63. The van der Waals surface area contributed by atoms with Gasteiger partial charge in [-0.2, -0.15) is 0 Å². The van der Waals surface area contributed by atoms with Crippen LogP contribution in [0.25, 0.3) is 0 Å². The average Bonchev–Trinajstić information content (AvgIpc) is 2.39. The van der Waals surface area contributed by atoms with Gasteiger partial charge in [0.1, 0.15) is 0 Å². The van der Waals surface area contributed by atoms with E-state index >= 15 is 0 Å². The highest BCUT2D eigenvalue weighted by atomic mass is 16.5. The topological polar surface area (TPSA) is 47.3 Å². The Balaban J connectivity index is 2.15. The highest BCUT2D eigenvalue weighted by Gasteiger charge is 2.46. The average molecular weight is 282 g/mol. The van der Waals surface area contributed by atoms with Crippen molar-refractivity contribution in [3.63, 3.8) is 0 Å². The van der Waals surface area contributed by atoms with Gasteiger partial charge in [0.25, 0.3) is 0 Å². The van der Waals surface area contributed by atoms with Gasteiger partial charge < -0.3 is 4.74 Å². The number of hydrogen-bond donors (Lipinski definition) is 2. The number of ether oxygens (including phenoxy) is 1. The molecule has 2 fully saturated rings. The van der Waals surface area contributed by atoms with Gasteiger partial charge in [-0.15, -0.1) is 0 Å². The van der Waals surface area contributed by atoms with Gasteiger partial charge in [-0.05, 0) is 50.4 Å². The van der Waals surface area contributed by atoms with E-state index < -0.39 is 0 Å². The third-order valence-corrected chi connectivity index (χ3v) is 5.62. The quantitative estimate of drug-likeness (QED) is 0.598. The van der Waals surface area contributed by atoms with E-state index in [0.717, 1.165) is 18.4 Å². The molecular formula is C17H34N2O. The lowest BCUT2D eigenvalue weighted by Crippen LogP contribution is -2.60. The maximum Gasteiger partial charge on any atom is 0.0853 e. The Morgan fingerprint density at radius 1 is 1.20 bits per heavy atom. The molecule has 3 heteroatoms. The number of hydrazine groups is 1. The molecule has 0 bridgehead atoms. The third-order valence-electron chi connectivity index (χ3n) is 5.62. The first-order chi connectivity index (χ1) is 9.61. The largest absolute Gasteiger partial charge is 0.374 e. The monoisotopic (exact) mass is 282 g/mol. The Kier molecular flexibility index (Phi) is 5.88. The van der Waals surface area contributed by atoms with Crippen LogP contribution in [0, 0.1) is 17.8 Å². The maximum absolute atomic E-state index is 6.34. The van der Waals surface area contributed by atoms with Crippen molar-refractivity contribution in [2.75, 3.05) is 6.61 Å². The summed E-state index contributed by atoms with van der Waals surface area (Å²) in [6.45, 7) is 7.67. The van der Waals surface area contributed by atoms with Crippen LogP contribution < -0.4 is 11.3 Å². The van der Waals surface area contributed by atoms with Gasteiger partial charge in [0.05, 0.1) is 11.6 Å². The molecule has 118 valence electrons. The molecule has 0 amide bonds. The van der Waals surface area contributed by atoms with Crippen molar-refractivity contribution in [3.8, 4) is 0 Å². The molecule has 0 aromatic carbocycles. The lowest BCUT2D eigenvalue weighted by molar-refractivity contribution is -0.116. The van der Waals surface area contributed by atoms with Gasteiger partial charge >= 0.3 is 0 Å². The Labute approximate surface area is 125 Å². The van der Waals surface area contributed by atoms with Crippen molar-refractivity contribution in [3.05, 3.63) is 0 Å². The molecule has 2 saturated carbocycles. The van der Waals surface area contributed by atoms with Crippen molar-refractivity contribution in [1.29, 1.82) is 0 Å². The van der Waals surface area contributed by atoms with Crippen molar-refractivity contribution >= 4 is 0 Å². The molecule has 0 spiro atoms. The summed E-state index contributed by atoms with van der Waals surface area (Å²) in [4.78, 5) is 0. The zero-order valence-electron chi connectivity index (χ0n) is 13.7. The van der Waals surface area contributed by atoms with Crippen LogP contribution in [0.4, 0.5) is 0 Å². The van der Waals surface area contributed by atoms with Gasteiger partial charge in [-0.1, -0.05) is 39.5 Å². The Bertz CT molecular complexity index is 293. The summed E-state index contributed by atoms with van der Waals surface area (Å²) in [5.41, 5.74) is 3.16. The predicted molar refractivity (Wildman–Crippen MR) is 84.2 cm³/mol. The lowest BCUT2D eigenvalue weighted by atomic mass is 9.67. The van der Waals surface area contributed by atoms with E-state index in [0.29, 0.717) is 12.0 Å². The van der Waals surface area contributed by atoms with Crippen molar-refractivity contribution in [2.45, 2.75) is 83.8 Å². The molecule has 3 N–H and O–H groups in total. The summed E-state index contributed by atoms with van der Waals surface area (Å²) >= 11 is 0. The van der Waals surface area contributed by atoms with Gasteiger partial charge in [-0.25, -0.2) is 0 Å². The third kappa shape index (κ3) is 3.55. The number of hydrogen-bond acceptors (Lipinski definition) is 3. The molecule has 5 atom stereocenters. The molecule has 2 aliphatic carbocycles. The molecule has 0 aromatic heterocycles. The van der Waals surface area contributed by atoms with Gasteiger partial charge in [-0.3, -0.25) is 11.3 Å². The van der Waals surface area contributed by atoms with Crippen LogP contribution in [0.3, 0.4) is 0 Å². The van der Waals surface area contributed by atoms with E-state index in [9.17, 15) is 0 Å². The molecule has 0 saturated heterocycles. The molecule has 0 aromatic rings. The van der Waals surface area contributed by atoms with Gasteiger partial charge in [0, 0.05) is 6.61 Å². The number of rotatable bonds is 5. The molecule has 2 aliphatic rings. The molecule has 3 nitrogen and oxygen atoms in total. The highest BCUT2D eigenvalue weighted by Crippen LogP contribution is 2.43. The smallest absolute Gasteiger partial charge is 0.0853 e. The fourth-order valence-electron chi connectivity index (χ4n) is 4.84. The molecule has 5 unspecified atom stereocenters. The van der Waals surface area contributed by atoms with Gasteiger partial charge in [0.2, 0.25) is 0 Å². The number of nitrogens with two attached hydrogens (primary N) is 1. The Morgan fingerprint density at radius 3 is 2.55 bits per heavy atom. The van der Waals surface area contributed by atoms with E-state index in [1.54, 1.807) is 0 Å². The maximum atomic E-state index is 6.34. The summed E-state index contributed by atoms with van der Waals surface area (Å²) in [5.74, 6) is 8.29. The summed E-state index contributed by atoms with van der Waals surface area (Å²) in [6.07, 6.45) is 10.3. The second-order valence-electron chi connectivity index (χ2n) is 7.38. The van der Waals surface area contributed by atoms with E-state index in [2.05, 4.69) is 26.2 Å². The van der Waals surface area contributed by atoms with Crippen LogP contribution in [0.2, 0.25) is 0 Å². The summed E-state index contributed by atoms with van der Waals surface area (Å²) in [6, 6.07) is 0.327. The molecule has 0 aliphatic heterocycles. The van der Waals surface area contributed by atoms with E-state index in [4.69, 9.17) is 10.6 Å². The molecular weight excluding hydrogens is 248 g/mol. The lowest BCUT2D eigenvalue weighted by Gasteiger charge is -2.49. The minimum Gasteiger partial charge on any atom is -0.374 e. The second kappa shape index (κ2) is 7.24. The summed E-state index contributed by atoms with van der Waals surface area (Å²) in [5, 5.41) is 0. The van der Waals surface area contributed by atoms with Gasteiger partial charge in [0.15, 0.2) is 0 Å². The van der Waals surface area contributed by atoms with Crippen LogP contribution in [0.1, 0.15) is 72.1 Å². The zero-order valence-corrected chi connectivity index (χ0v) is 13.7. The van der Waals surface area contributed by atoms with Crippen LogP contribution in [0.5, 0.6) is 0 Å². The van der Waals surface area contributed by atoms with E-state index in [1.807, 2.05) is 0 Å². The van der Waals surface area contributed by atoms with Crippen LogP contribution in [-0.4, -0.2) is 18.2 Å². The SMILES string of the molecule is CCOC1(C(NN)C2CCCC(C)C2)CCCC(C)C1. The Hall–Kier alpha value is -0.120. The van der Waals surface area contributed by atoms with Crippen molar-refractivity contribution in [1.82, 2.24) is 5.43 Å². The van der Waals surface area contributed by atoms with Crippen molar-refractivity contribution < 1.29 is 4.74 Å². The molecule has 0 radical (unpaired) electrons. The summed E-state index contributed by atoms with van der Waals surface area (Å²) < 4.78 is 6.34. The summed E-state index contributed by atoms with van der Waals surface area (Å²) in [7, 11) is 0. The van der Waals surface area contributed by atoms with E-state index in [1.165, 1.54) is 51.4 Å². The Morgan fingerprint density at radius 2 is 1.95 bits per heavy atom. The number of nitrogens with one attached hydrogen (secondary N) is 1. The second-order valence-corrected chi connectivity index (χ2v) is 7.38. The van der Waals surface area contributed by atoms with Crippen LogP contribution in [-0.2, 0) is 4.74 Å².